The zero-order chi connectivity index (χ0) is 12.4. The Kier molecular flexibility index (Phi) is 4.34. The van der Waals surface area contributed by atoms with Gasteiger partial charge in [-0.3, -0.25) is 0 Å². The van der Waals surface area contributed by atoms with Gasteiger partial charge in [0.05, 0.1) is 5.02 Å². The van der Waals surface area contributed by atoms with E-state index < -0.39 is 0 Å². The molecule has 1 aliphatic rings. The first-order valence-corrected chi connectivity index (χ1v) is 7.15. The van der Waals surface area contributed by atoms with E-state index in [2.05, 4.69) is 40.1 Å². The fourth-order valence-corrected chi connectivity index (χ4v) is 2.74. The molecule has 1 heterocycles. The number of nitrogens with zero attached hydrogens (tertiary/aromatic N) is 1. The average molecular weight is 318 g/mol. The Bertz CT molecular complexity index is 397. The summed E-state index contributed by atoms with van der Waals surface area (Å²) < 4.78 is 0.949. The lowest BCUT2D eigenvalue weighted by Crippen LogP contribution is -2.42. The highest BCUT2D eigenvalue weighted by Gasteiger charge is 2.22. The van der Waals surface area contributed by atoms with Crippen molar-refractivity contribution in [3.05, 3.63) is 27.7 Å². The highest BCUT2D eigenvalue weighted by Crippen LogP contribution is 2.27. The van der Waals surface area contributed by atoms with Crippen molar-refractivity contribution >= 4 is 33.2 Å². The van der Waals surface area contributed by atoms with Crippen LogP contribution < -0.4 is 5.32 Å². The van der Waals surface area contributed by atoms with Crippen LogP contribution in [0.25, 0.3) is 0 Å². The molecule has 0 radical (unpaired) electrons. The number of hydrogen-bond acceptors (Lipinski definition) is 2. The fraction of sp³-hybridized carbons (Fsp3) is 0.538. The minimum atomic E-state index is 0.564. The predicted molar refractivity (Wildman–Crippen MR) is 77.9 cm³/mol. The van der Waals surface area contributed by atoms with Crippen LogP contribution in [0.3, 0.4) is 0 Å². The second-order valence-corrected chi connectivity index (χ2v) is 6.09. The summed E-state index contributed by atoms with van der Waals surface area (Å²) in [6.07, 6.45) is 2.39. The monoisotopic (exact) mass is 316 g/mol. The van der Waals surface area contributed by atoms with E-state index in [0.29, 0.717) is 12.1 Å². The van der Waals surface area contributed by atoms with Crippen LogP contribution in [0, 0.1) is 0 Å². The molecule has 0 amide bonds. The third-order valence-corrected chi connectivity index (χ3v) is 4.71. The molecule has 0 bridgehead atoms. The minimum Gasteiger partial charge on any atom is -0.382 e. The van der Waals surface area contributed by atoms with Crippen molar-refractivity contribution in [2.45, 2.75) is 31.8 Å². The van der Waals surface area contributed by atoms with Crippen molar-refractivity contribution in [1.82, 2.24) is 4.90 Å². The third kappa shape index (κ3) is 3.36. The highest BCUT2D eigenvalue weighted by atomic mass is 79.9. The summed E-state index contributed by atoms with van der Waals surface area (Å²) in [6, 6.07) is 7.22. The summed E-state index contributed by atoms with van der Waals surface area (Å²) in [7, 11) is 2.19. The first-order valence-electron chi connectivity index (χ1n) is 5.98. The van der Waals surface area contributed by atoms with Gasteiger partial charge >= 0.3 is 0 Å². The van der Waals surface area contributed by atoms with Gasteiger partial charge in [-0.25, -0.2) is 0 Å². The Balaban J connectivity index is 1.99. The van der Waals surface area contributed by atoms with Crippen molar-refractivity contribution in [3.8, 4) is 0 Å². The van der Waals surface area contributed by atoms with Crippen LogP contribution in [0.1, 0.15) is 19.8 Å². The predicted octanol–water partition coefficient (Wildman–Crippen LogP) is 4.00. The van der Waals surface area contributed by atoms with E-state index in [1.54, 1.807) is 0 Å². The van der Waals surface area contributed by atoms with Gasteiger partial charge in [-0.1, -0.05) is 11.6 Å². The highest BCUT2D eigenvalue weighted by molar-refractivity contribution is 9.10. The SMILES string of the molecule is CC1CC(Nc2ccc(Cl)c(Br)c2)CCN1C. The van der Waals surface area contributed by atoms with E-state index >= 15 is 0 Å². The molecule has 1 aromatic rings. The molecule has 2 nitrogen and oxygen atoms in total. The van der Waals surface area contributed by atoms with Gasteiger partial charge in [-0.05, 0) is 60.9 Å². The smallest absolute Gasteiger partial charge is 0.0549 e. The van der Waals surface area contributed by atoms with Gasteiger partial charge in [-0.15, -0.1) is 0 Å². The molecule has 1 fully saturated rings. The molecule has 1 saturated heterocycles. The quantitative estimate of drug-likeness (QED) is 0.887. The molecule has 4 heteroatoms. The molecule has 0 spiro atoms. The van der Waals surface area contributed by atoms with Crippen LogP contribution in [0.15, 0.2) is 22.7 Å². The zero-order valence-electron chi connectivity index (χ0n) is 10.2. The van der Waals surface area contributed by atoms with E-state index in [-0.39, 0.29) is 0 Å². The lowest BCUT2D eigenvalue weighted by molar-refractivity contribution is 0.190. The maximum Gasteiger partial charge on any atom is 0.0549 e. The van der Waals surface area contributed by atoms with Gasteiger partial charge in [0.15, 0.2) is 0 Å². The molecular weight excluding hydrogens is 300 g/mol. The van der Waals surface area contributed by atoms with E-state index in [9.17, 15) is 0 Å². The zero-order valence-corrected chi connectivity index (χ0v) is 12.6. The molecular formula is C13H18BrClN2. The first kappa shape index (κ1) is 13.2. The second-order valence-electron chi connectivity index (χ2n) is 4.82. The van der Waals surface area contributed by atoms with Gasteiger partial charge in [0.25, 0.3) is 0 Å². The molecule has 0 saturated carbocycles. The van der Waals surface area contributed by atoms with E-state index in [1.165, 1.54) is 12.8 Å². The first-order chi connectivity index (χ1) is 8.06. The standard InChI is InChI=1S/C13H18BrClN2/c1-9-7-11(5-6-17(9)2)16-10-3-4-13(15)12(14)8-10/h3-4,8-9,11,16H,5-7H2,1-2H3. The topological polar surface area (TPSA) is 15.3 Å². The summed E-state index contributed by atoms with van der Waals surface area (Å²) in [5.74, 6) is 0. The van der Waals surface area contributed by atoms with Gasteiger partial charge in [0.1, 0.15) is 0 Å². The molecule has 1 N–H and O–H groups in total. The van der Waals surface area contributed by atoms with Gasteiger partial charge in [0, 0.05) is 28.8 Å². The van der Waals surface area contributed by atoms with Crippen LogP contribution in [-0.2, 0) is 0 Å². The summed E-state index contributed by atoms with van der Waals surface area (Å²) in [5.41, 5.74) is 1.14. The number of rotatable bonds is 2. The molecule has 2 rings (SSSR count). The van der Waals surface area contributed by atoms with Crippen LogP contribution >= 0.6 is 27.5 Å². The number of benzene rings is 1. The van der Waals surface area contributed by atoms with Gasteiger partial charge < -0.3 is 10.2 Å². The number of piperidine rings is 1. The van der Waals surface area contributed by atoms with Crippen LogP contribution in [0.5, 0.6) is 0 Å². The van der Waals surface area contributed by atoms with Crippen LogP contribution in [-0.4, -0.2) is 30.6 Å². The molecule has 17 heavy (non-hydrogen) atoms. The van der Waals surface area contributed by atoms with E-state index in [0.717, 1.165) is 21.7 Å². The third-order valence-electron chi connectivity index (χ3n) is 3.50. The minimum absolute atomic E-state index is 0.564. The molecule has 2 unspecified atom stereocenters. The Morgan fingerprint density at radius 2 is 2.24 bits per heavy atom. The largest absolute Gasteiger partial charge is 0.382 e. The lowest BCUT2D eigenvalue weighted by atomic mass is 9.99. The maximum absolute atomic E-state index is 5.98. The number of likely N-dealkylation sites (tertiary alicyclic amines) is 1. The van der Waals surface area contributed by atoms with Gasteiger partial charge in [-0.2, -0.15) is 0 Å². The van der Waals surface area contributed by atoms with Crippen LogP contribution in [0.2, 0.25) is 5.02 Å². The Labute approximate surface area is 116 Å². The van der Waals surface area contributed by atoms with Crippen molar-refractivity contribution in [1.29, 1.82) is 0 Å². The summed E-state index contributed by atoms with van der Waals surface area (Å²) in [6.45, 7) is 3.44. The number of anilines is 1. The molecule has 0 aromatic heterocycles. The Morgan fingerprint density at radius 1 is 1.47 bits per heavy atom. The second kappa shape index (κ2) is 5.59. The van der Waals surface area contributed by atoms with Crippen molar-refractivity contribution in [3.63, 3.8) is 0 Å². The van der Waals surface area contributed by atoms with Crippen molar-refractivity contribution in [2.75, 3.05) is 18.9 Å². The Hall–Kier alpha value is -0.250. The fourth-order valence-electron chi connectivity index (χ4n) is 2.24. The molecule has 1 aliphatic heterocycles. The molecule has 1 aromatic carbocycles. The normalized spacial score (nSPS) is 25.9. The summed E-state index contributed by atoms with van der Waals surface area (Å²) >= 11 is 9.44. The maximum atomic E-state index is 5.98. The molecule has 2 atom stereocenters. The number of hydrogen-bond donors (Lipinski definition) is 1. The Morgan fingerprint density at radius 3 is 2.88 bits per heavy atom. The average Bonchev–Trinajstić information content (AvgIpc) is 2.29. The summed E-state index contributed by atoms with van der Waals surface area (Å²) in [5, 5.41) is 4.34. The van der Waals surface area contributed by atoms with E-state index in [4.69, 9.17) is 11.6 Å². The molecule has 0 aliphatic carbocycles. The lowest BCUT2D eigenvalue weighted by Gasteiger charge is -2.35. The van der Waals surface area contributed by atoms with Gasteiger partial charge in [0.2, 0.25) is 0 Å². The van der Waals surface area contributed by atoms with Crippen LogP contribution in [0.4, 0.5) is 5.69 Å². The van der Waals surface area contributed by atoms with E-state index in [1.807, 2.05) is 18.2 Å². The number of halogens is 2. The van der Waals surface area contributed by atoms with Crippen molar-refractivity contribution < 1.29 is 0 Å². The number of nitrogens with one attached hydrogen (secondary N) is 1. The van der Waals surface area contributed by atoms with Crippen molar-refractivity contribution in [2.24, 2.45) is 0 Å². The molecule has 94 valence electrons. The summed E-state index contributed by atoms with van der Waals surface area (Å²) in [4.78, 5) is 2.41.